The molecule has 2 rings (SSSR count). The van der Waals surface area contributed by atoms with Gasteiger partial charge in [-0.1, -0.05) is 29.8 Å². The van der Waals surface area contributed by atoms with Crippen LogP contribution in [0.25, 0.3) is 0 Å². The maximum atomic E-state index is 9.97. The minimum Gasteiger partial charge on any atom is -0.491 e. The maximum Gasteiger partial charge on any atom is 0.120 e. The highest BCUT2D eigenvalue weighted by Gasteiger charge is 2.08. The van der Waals surface area contributed by atoms with Crippen molar-refractivity contribution in [3.8, 4) is 5.75 Å². The molecule has 0 amide bonds. The molecule has 0 spiro atoms. The van der Waals surface area contributed by atoms with Gasteiger partial charge in [0.2, 0.25) is 0 Å². The van der Waals surface area contributed by atoms with Crippen molar-refractivity contribution in [3.05, 3.63) is 57.5 Å². The minimum atomic E-state index is -0.614. The van der Waals surface area contributed by atoms with Gasteiger partial charge >= 0.3 is 0 Å². The van der Waals surface area contributed by atoms with Gasteiger partial charge < -0.3 is 15.2 Å². The molecule has 0 saturated heterocycles. The Labute approximate surface area is 138 Å². The van der Waals surface area contributed by atoms with E-state index in [0.717, 1.165) is 15.7 Å². The molecule has 112 valence electrons. The lowest BCUT2D eigenvalue weighted by Gasteiger charge is -2.15. The molecule has 0 aliphatic rings. The Hall–Kier alpha value is -1.23. The largest absolute Gasteiger partial charge is 0.491 e. The number of benzene rings is 2. The number of aryl methyl sites for hydroxylation is 1. The zero-order valence-corrected chi connectivity index (χ0v) is 14.0. The van der Waals surface area contributed by atoms with E-state index in [1.807, 2.05) is 37.3 Å². The average Bonchev–Trinajstić information content (AvgIpc) is 2.47. The molecular weight excluding hydrogens is 354 g/mol. The Kier molecular flexibility index (Phi) is 5.91. The Balaban J connectivity index is 1.82. The predicted octanol–water partition coefficient (Wildman–Crippen LogP) is 4.26. The molecule has 0 radical (unpaired) electrons. The van der Waals surface area contributed by atoms with Gasteiger partial charge in [-0.3, -0.25) is 0 Å². The van der Waals surface area contributed by atoms with Crippen LogP contribution in [0.2, 0.25) is 5.02 Å². The van der Waals surface area contributed by atoms with Crippen LogP contribution in [0.5, 0.6) is 5.75 Å². The van der Waals surface area contributed by atoms with Crippen LogP contribution in [0.1, 0.15) is 5.56 Å². The summed E-state index contributed by atoms with van der Waals surface area (Å²) in [5.74, 6) is 0.651. The fourth-order valence-corrected chi connectivity index (χ4v) is 2.40. The zero-order valence-electron chi connectivity index (χ0n) is 11.6. The minimum absolute atomic E-state index is 0.205. The molecule has 1 unspecified atom stereocenters. The second-order valence-corrected chi connectivity index (χ2v) is 5.97. The fraction of sp³-hybridized carbons (Fsp3) is 0.250. The van der Waals surface area contributed by atoms with Crippen LogP contribution in [0.4, 0.5) is 5.69 Å². The molecule has 2 aromatic rings. The van der Waals surface area contributed by atoms with E-state index in [9.17, 15) is 5.11 Å². The van der Waals surface area contributed by atoms with Crippen LogP contribution < -0.4 is 10.1 Å². The number of rotatable bonds is 6. The van der Waals surface area contributed by atoms with E-state index in [2.05, 4.69) is 21.2 Å². The van der Waals surface area contributed by atoms with Crippen molar-refractivity contribution in [2.24, 2.45) is 0 Å². The lowest BCUT2D eigenvalue weighted by atomic mass is 10.2. The normalized spacial score (nSPS) is 12.0. The molecule has 0 aromatic heterocycles. The summed E-state index contributed by atoms with van der Waals surface area (Å²) in [6.07, 6.45) is -0.614. The number of halogens is 2. The van der Waals surface area contributed by atoms with Gasteiger partial charge in [0.1, 0.15) is 18.5 Å². The SMILES string of the molecule is Cc1cccc(NCC(O)COc2cccc(Cl)c2)c1Br. The van der Waals surface area contributed by atoms with E-state index in [1.54, 1.807) is 12.1 Å². The van der Waals surface area contributed by atoms with Crippen LogP contribution in [0.3, 0.4) is 0 Å². The third kappa shape index (κ3) is 4.92. The van der Waals surface area contributed by atoms with Crippen molar-refractivity contribution in [2.45, 2.75) is 13.0 Å². The molecule has 0 aliphatic carbocycles. The summed E-state index contributed by atoms with van der Waals surface area (Å²) in [5.41, 5.74) is 2.10. The number of hydrogen-bond acceptors (Lipinski definition) is 3. The Morgan fingerprint density at radius 2 is 2.05 bits per heavy atom. The average molecular weight is 371 g/mol. The molecule has 1 atom stereocenters. The molecule has 3 nitrogen and oxygen atoms in total. The fourth-order valence-electron chi connectivity index (χ4n) is 1.82. The summed E-state index contributed by atoms with van der Waals surface area (Å²) in [4.78, 5) is 0. The number of ether oxygens (including phenoxy) is 1. The second kappa shape index (κ2) is 7.69. The molecule has 2 N–H and O–H groups in total. The van der Waals surface area contributed by atoms with Crippen LogP contribution in [0.15, 0.2) is 46.9 Å². The van der Waals surface area contributed by atoms with Gasteiger partial charge in [-0.25, -0.2) is 0 Å². The number of anilines is 1. The summed E-state index contributed by atoms with van der Waals surface area (Å²) >= 11 is 9.40. The smallest absolute Gasteiger partial charge is 0.120 e. The van der Waals surface area contributed by atoms with Crippen molar-refractivity contribution in [1.82, 2.24) is 0 Å². The maximum absolute atomic E-state index is 9.97. The van der Waals surface area contributed by atoms with Gasteiger partial charge in [-0.05, 0) is 52.7 Å². The molecule has 5 heteroatoms. The third-order valence-corrected chi connectivity index (χ3v) is 4.25. The van der Waals surface area contributed by atoms with E-state index in [-0.39, 0.29) is 6.61 Å². The number of hydrogen-bond donors (Lipinski definition) is 2. The van der Waals surface area contributed by atoms with Crippen molar-refractivity contribution in [3.63, 3.8) is 0 Å². The predicted molar refractivity (Wildman–Crippen MR) is 90.3 cm³/mol. The summed E-state index contributed by atoms with van der Waals surface area (Å²) in [7, 11) is 0. The quantitative estimate of drug-likeness (QED) is 0.798. The van der Waals surface area contributed by atoms with E-state index in [1.165, 1.54) is 0 Å². The third-order valence-electron chi connectivity index (χ3n) is 2.96. The topological polar surface area (TPSA) is 41.5 Å². The number of aliphatic hydroxyl groups is 1. The highest BCUT2D eigenvalue weighted by atomic mass is 79.9. The monoisotopic (exact) mass is 369 g/mol. The summed E-state index contributed by atoms with van der Waals surface area (Å²) in [6.45, 7) is 2.63. The Morgan fingerprint density at radius 3 is 2.81 bits per heavy atom. The van der Waals surface area contributed by atoms with Crippen molar-refractivity contribution in [2.75, 3.05) is 18.5 Å². The summed E-state index contributed by atoms with van der Waals surface area (Å²) in [5, 5.41) is 13.8. The zero-order chi connectivity index (χ0) is 15.2. The van der Waals surface area contributed by atoms with E-state index in [4.69, 9.17) is 16.3 Å². The first kappa shape index (κ1) is 16.1. The molecular formula is C16H17BrClNO2. The van der Waals surface area contributed by atoms with Crippen molar-refractivity contribution < 1.29 is 9.84 Å². The molecule has 2 aromatic carbocycles. The Bertz CT molecular complexity index is 607. The highest BCUT2D eigenvalue weighted by Crippen LogP contribution is 2.25. The van der Waals surface area contributed by atoms with Gasteiger partial charge in [-0.2, -0.15) is 0 Å². The molecule has 0 aliphatic heterocycles. The summed E-state index contributed by atoms with van der Waals surface area (Å²) < 4.78 is 6.51. The molecule has 0 fully saturated rings. The number of aliphatic hydroxyl groups excluding tert-OH is 1. The van der Waals surface area contributed by atoms with Gasteiger partial charge in [0.05, 0.1) is 0 Å². The lowest BCUT2D eigenvalue weighted by Crippen LogP contribution is -2.26. The first-order valence-electron chi connectivity index (χ1n) is 6.61. The van der Waals surface area contributed by atoms with E-state index in [0.29, 0.717) is 17.3 Å². The molecule has 21 heavy (non-hydrogen) atoms. The van der Waals surface area contributed by atoms with Gasteiger partial charge in [0.15, 0.2) is 0 Å². The van der Waals surface area contributed by atoms with Gasteiger partial charge in [-0.15, -0.1) is 0 Å². The van der Waals surface area contributed by atoms with Crippen LogP contribution >= 0.6 is 27.5 Å². The van der Waals surface area contributed by atoms with Crippen LogP contribution in [-0.2, 0) is 0 Å². The molecule has 0 heterocycles. The lowest BCUT2D eigenvalue weighted by molar-refractivity contribution is 0.117. The highest BCUT2D eigenvalue weighted by molar-refractivity contribution is 9.10. The molecule has 0 saturated carbocycles. The number of nitrogens with one attached hydrogen (secondary N) is 1. The van der Waals surface area contributed by atoms with Crippen molar-refractivity contribution in [1.29, 1.82) is 0 Å². The molecule has 0 bridgehead atoms. The summed E-state index contributed by atoms with van der Waals surface area (Å²) in [6, 6.07) is 13.1. The first-order valence-corrected chi connectivity index (χ1v) is 7.79. The first-order chi connectivity index (χ1) is 10.1. The Morgan fingerprint density at radius 1 is 1.29 bits per heavy atom. The van der Waals surface area contributed by atoms with Gasteiger partial charge in [0, 0.05) is 21.7 Å². The van der Waals surface area contributed by atoms with E-state index >= 15 is 0 Å². The van der Waals surface area contributed by atoms with Crippen molar-refractivity contribution >= 4 is 33.2 Å². The van der Waals surface area contributed by atoms with E-state index < -0.39 is 6.10 Å². The standard InChI is InChI=1S/C16H17BrClNO2/c1-11-4-2-7-15(16(11)17)19-9-13(20)10-21-14-6-3-5-12(18)8-14/h2-8,13,19-20H,9-10H2,1H3. The second-order valence-electron chi connectivity index (χ2n) is 4.74. The van der Waals surface area contributed by atoms with Crippen LogP contribution in [0, 0.1) is 6.92 Å². The van der Waals surface area contributed by atoms with Crippen LogP contribution in [-0.4, -0.2) is 24.4 Å². The van der Waals surface area contributed by atoms with Gasteiger partial charge in [0.25, 0.3) is 0 Å².